The molecular formula is C15H15NO2. The zero-order valence-electron chi connectivity index (χ0n) is 10.2. The van der Waals surface area contributed by atoms with Crippen molar-refractivity contribution in [3.63, 3.8) is 0 Å². The fourth-order valence-corrected chi connectivity index (χ4v) is 1.87. The van der Waals surface area contributed by atoms with Crippen molar-refractivity contribution in [1.82, 2.24) is 0 Å². The highest BCUT2D eigenvalue weighted by Gasteiger charge is 2.09. The van der Waals surface area contributed by atoms with E-state index in [4.69, 9.17) is 5.11 Å². The van der Waals surface area contributed by atoms with E-state index in [0.717, 1.165) is 17.7 Å². The number of carboxylic acid groups (broad SMARTS) is 1. The molecule has 0 saturated carbocycles. The lowest BCUT2D eigenvalue weighted by atomic mass is 10.1. The molecular weight excluding hydrogens is 226 g/mol. The molecule has 0 spiro atoms. The molecule has 2 aromatic carbocycles. The molecule has 3 heteroatoms. The summed E-state index contributed by atoms with van der Waals surface area (Å²) in [4.78, 5) is 11.1. The molecule has 0 amide bonds. The Balaban J connectivity index is 2.37. The van der Waals surface area contributed by atoms with E-state index in [1.807, 2.05) is 30.3 Å². The summed E-state index contributed by atoms with van der Waals surface area (Å²) in [6, 6.07) is 14.8. The molecule has 0 aliphatic heterocycles. The van der Waals surface area contributed by atoms with E-state index in [2.05, 4.69) is 12.2 Å². The lowest BCUT2D eigenvalue weighted by Gasteiger charge is -2.12. The van der Waals surface area contributed by atoms with Gasteiger partial charge in [0.1, 0.15) is 0 Å². The Labute approximate surface area is 106 Å². The van der Waals surface area contributed by atoms with Crippen molar-refractivity contribution in [2.45, 2.75) is 13.3 Å². The van der Waals surface area contributed by atoms with Crippen molar-refractivity contribution in [1.29, 1.82) is 0 Å². The fraction of sp³-hybridized carbons (Fsp3) is 0.133. The number of hydrogen-bond donors (Lipinski definition) is 2. The highest BCUT2D eigenvalue weighted by Crippen LogP contribution is 2.24. The molecule has 18 heavy (non-hydrogen) atoms. The second-order valence-electron chi connectivity index (χ2n) is 3.99. The summed E-state index contributed by atoms with van der Waals surface area (Å²) >= 11 is 0. The SMILES string of the molecule is CCc1ccccc1Nc1ccccc1C(=O)O. The van der Waals surface area contributed by atoms with Gasteiger partial charge in [-0.3, -0.25) is 0 Å². The van der Waals surface area contributed by atoms with E-state index in [1.165, 1.54) is 0 Å². The molecule has 2 N–H and O–H groups in total. The van der Waals surface area contributed by atoms with Crippen LogP contribution < -0.4 is 5.32 Å². The molecule has 2 aromatic rings. The minimum absolute atomic E-state index is 0.281. The van der Waals surface area contributed by atoms with Crippen molar-refractivity contribution >= 4 is 17.3 Å². The van der Waals surface area contributed by atoms with Gasteiger partial charge in [0.05, 0.1) is 11.3 Å². The summed E-state index contributed by atoms with van der Waals surface area (Å²) < 4.78 is 0. The van der Waals surface area contributed by atoms with Crippen molar-refractivity contribution in [2.24, 2.45) is 0 Å². The van der Waals surface area contributed by atoms with Crippen LogP contribution in [0.15, 0.2) is 48.5 Å². The van der Waals surface area contributed by atoms with Crippen LogP contribution in [-0.4, -0.2) is 11.1 Å². The molecule has 3 nitrogen and oxygen atoms in total. The first-order valence-electron chi connectivity index (χ1n) is 5.89. The zero-order chi connectivity index (χ0) is 13.0. The van der Waals surface area contributed by atoms with Gasteiger partial charge in [-0.05, 0) is 30.2 Å². The van der Waals surface area contributed by atoms with Crippen LogP contribution in [0.1, 0.15) is 22.8 Å². The number of aromatic carboxylic acids is 1. The first-order valence-corrected chi connectivity index (χ1v) is 5.89. The van der Waals surface area contributed by atoms with E-state index in [1.54, 1.807) is 18.2 Å². The Kier molecular flexibility index (Phi) is 3.63. The Bertz CT molecular complexity index is 564. The van der Waals surface area contributed by atoms with Crippen molar-refractivity contribution < 1.29 is 9.90 Å². The number of benzene rings is 2. The lowest BCUT2D eigenvalue weighted by molar-refractivity contribution is 0.0698. The highest BCUT2D eigenvalue weighted by molar-refractivity contribution is 5.95. The second kappa shape index (κ2) is 5.36. The van der Waals surface area contributed by atoms with Crippen LogP contribution in [-0.2, 0) is 6.42 Å². The molecule has 0 radical (unpaired) electrons. The molecule has 0 aromatic heterocycles. The third-order valence-corrected chi connectivity index (χ3v) is 2.83. The van der Waals surface area contributed by atoms with Crippen LogP contribution in [0, 0.1) is 0 Å². The predicted molar refractivity (Wildman–Crippen MR) is 72.5 cm³/mol. The quantitative estimate of drug-likeness (QED) is 0.858. The number of rotatable bonds is 4. The monoisotopic (exact) mass is 241 g/mol. The maximum absolute atomic E-state index is 11.1. The Morgan fingerprint density at radius 2 is 1.67 bits per heavy atom. The molecule has 92 valence electrons. The van der Waals surface area contributed by atoms with Gasteiger partial charge in [0.2, 0.25) is 0 Å². The van der Waals surface area contributed by atoms with Gasteiger partial charge in [0, 0.05) is 5.69 Å². The molecule has 0 heterocycles. The van der Waals surface area contributed by atoms with Gasteiger partial charge in [0.15, 0.2) is 0 Å². The predicted octanol–water partition coefficient (Wildman–Crippen LogP) is 3.69. The van der Waals surface area contributed by atoms with Gasteiger partial charge in [-0.2, -0.15) is 0 Å². The molecule has 0 bridgehead atoms. The molecule has 0 unspecified atom stereocenters. The molecule has 0 fully saturated rings. The summed E-state index contributed by atoms with van der Waals surface area (Å²) in [5, 5.41) is 12.3. The largest absolute Gasteiger partial charge is 0.478 e. The normalized spacial score (nSPS) is 10.1. The summed E-state index contributed by atoms with van der Waals surface area (Å²) in [7, 11) is 0. The topological polar surface area (TPSA) is 49.3 Å². The van der Waals surface area contributed by atoms with E-state index in [9.17, 15) is 4.79 Å². The van der Waals surface area contributed by atoms with Crippen LogP contribution in [0.2, 0.25) is 0 Å². The average Bonchev–Trinajstić information content (AvgIpc) is 2.40. The van der Waals surface area contributed by atoms with Crippen molar-refractivity contribution in [3.8, 4) is 0 Å². The molecule has 2 rings (SSSR count). The number of hydrogen-bond acceptors (Lipinski definition) is 2. The fourth-order valence-electron chi connectivity index (χ4n) is 1.87. The Morgan fingerprint density at radius 1 is 1.06 bits per heavy atom. The maximum Gasteiger partial charge on any atom is 0.337 e. The van der Waals surface area contributed by atoms with Gasteiger partial charge in [0.25, 0.3) is 0 Å². The number of nitrogens with one attached hydrogen (secondary N) is 1. The molecule has 0 atom stereocenters. The van der Waals surface area contributed by atoms with E-state index in [-0.39, 0.29) is 5.56 Å². The maximum atomic E-state index is 11.1. The molecule has 0 aliphatic rings. The van der Waals surface area contributed by atoms with E-state index < -0.39 is 5.97 Å². The number of anilines is 2. The smallest absolute Gasteiger partial charge is 0.337 e. The standard InChI is InChI=1S/C15H15NO2/c1-2-11-7-3-5-9-13(11)16-14-10-6-4-8-12(14)15(17)18/h3-10,16H,2H2,1H3,(H,17,18). The third kappa shape index (κ3) is 2.51. The van der Waals surface area contributed by atoms with Crippen molar-refractivity contribution in [3.05, 3.63) is 59.7 Å². The number of aryl methyl sites for hydroxylation is 1. The Hall–Kier alpha value is -2.29. The van der Waals surface area contributed by atoms with Crippen molar-refractivity contribution in [2.75, 3.05) is 5.32 Å². The third-order valence-electron chi connectivity index (χ3n) is 2.83. The van der Waals surface area contributed by atoms with E-state index >= 15 is 0 Å². The molecule has 0 saturated heterocycles. The second-order valence-corrected chi connectivity index (χ2v) is 3.99. The number of carboxylic acids is 1. The number of para-hydroxylation sites is 2. The van der Waals surface area contributed by atoms with Gasteiger partial charge >= 0.3 is 5.97 Å². The first-order chi connectivity index (χ1) is 8.72. The number of carbonyl (C=O) groups is 1. The summed E-state index contributed by atoms with van der Waals surface area (Å²) in [5.41, 5.74) is 3.01. The van der Waals surface area contributed by atoms with Crippen LogP contribution >= 0.6 is 0 Å². The van der Waals surface area contributed by atoms with Crippen LogP contribution in [0.5, 0.6) is 0 Å². The van der Waals surface area contributed by atoms with E-state index in [0.29, 0.717) is 5.69 Å². The van der Waals surface area contributed by atoms with Gasteiger partial charge in [-0.25, -0.2) is 4.79 Å². The van der Waals surface area contributed by atoms with Crippen LogP contribution in [0.3, 0.4) is 0 Å². The minimum atomic E-state index is -0.924. The van der Waals surface area contributed by atoms with Gasteiger partial charge in [-0.1, -0.05) is 37.3 Å². The van der Waals surface area contributed by atoms with Crippen LogP contribution in [0.4, 0.5) is 11.4 Å². The minimum Gasteiger partial charge on any atom is -0.478 e. The average molecular weight is 241 g/mol. The summed E-state index contributed by atoms with van der Waals surface area (Å²) in [5.74, 6) is -0.924. The first kappa shape index (κ1) is 12.2. The molecule has 0 aliphatic carbocycles. The van der Waals surface area contributed by atoms with Gasteiger partial charge in [-0.15, -0.1) is 0 Å². The summed E-state index contributed by atoms with van der Waals surface area (Å²) in [6.07, 6.45) is 0.901. The summed E-state index contributed by atoms with van der Waals surface area (Å²) in [6.45, 7) is 2.07. The highest BCUT2D eigenvalue weighted by atomic mass is 16.4. The van der Waals surface area contributed by atoms with Crippen LogP contribution in [0.25, 0.3) is 0 Å². The lowest BCUT2D eigenvalue weighted by Crippen LogP contribution is -2.03. The zero-order valence-corrected chi connectivity index (χ0v) is 10.2. The van der Waals surface area contributed by atoms with Gasteiger partial charge < -0.3 is 10.4 Å². The Morgan fingerprint density at radius 3 is 2.33 bits per heavy atom.